The molecule has 1 saturated carbocycles. The first-order valence-corrected chi connectivity index (χ1v) is 23.9. The number of aliphatic hydroxyl groups is 3. The number of ketones is 3. The lowest BCUT2D eigenvalue weighted by Crippen LogP contribution is -2.61. The number of carbonyl (C=O) groups is 5. The SMILES string of the molecule is COC1CC2CCC(C)C(O)(O2)C(=O)C(=O)N2CCCCC2C(=O)OC(C(C)CC2CCC(O)C(OC)C2)CC(=O)C(C)/C=C(/C)C(O)C(OC)C(=O)C(C)CC(C)C=CC=CC=C1C. The van der Waals surface area contributed by atoms with Crippen LogP contribution in [-0.2, 0) is 47.7 Å². The van der Waals surface area contributed by atoms with Gasteiger partial charge in [-0.3, -0.25) is 19.2 Å². The van der Waals surface area contributed by atoms with E-state index in [1.54, 1.807) is 41.1 Å². The van der Waals surface area contributed by atoms with Gasteiger partial charge in [-0.15, -0.1) is 0 Å². The molecule has 2 bridgehead atoms. The molecule has 1 aliphatic carbocycles. The van der Waals surface area contributed by atoms with Gasteiger partial charge in [-0.25, -0.2) is 4.79 Å². The number of amides is 1. The van der Waals surface area contributed by atoms with Gasteiger partial charge in [0.1, 0.15) is 30.1 Å². The van der Waals surface area contributed by atoms with E-state index in [1.807, 2.05) is 58.1 Å². The Balaban J connectivity index is 1.70. The number of Topliss-reactive ketones (excluding diaryl/α,β-unsaturated/α-hetero) is 3. The van der Waals surface area contributed by atoms with Crippen molar-refractivity contribution < 1.29 is 63.0 Å². The Labute approximate surface area is 387 Å². The minimum atomic E-state index is -2.43. The lowest BCUT2D eigenvalue weighted by Gasteiger charge is -2.42. The van der Waals surface area contributed by atoms with Gasteiger partial charge in [0.25, 0.3) is 11.7 Å². The quantitative estimate of drug-likeness (QED) is 0.156. The number of carbonyl (C=O) groups excluding carboxylic acids is 5. The van der Waals surface area contributed by atoms with Crippen LogP contribution in [0.3, 0.4) is 0 Å². The van der Waals surface area contributed by atoms with Crippen molar-refractivity contribution in [1.82, 2.24) is 4.90 Å². The van der Waals surface area contributed by atoms with Crippen molar-refractivity contribution in [2.24, 2.45) is 35.5 Å². The summed E-state index contributed by atoms with van der Waals surface area (Å²) >= 11 is 0. The number of hydrogen-bond acceptors (Lipinski definition) is 13. The zero-order valence-corrected chi connectivity index (χ0v) is 40.6. The Morgan fingerprint density at radius 1 is 0.846 bits per heavy atom. The van der Waals surface area contributed by atoms with E-state index in [2.05, 4.69) is 0 Å². The lowest BCUT2D eigenvalue weighted by atomic mass is 9.78. The van der Waals surface area contributed by atoms with Gasteiger partial charge in [0, 0.05) is 58.5 Å². The highest BCUT2D eigenvalue weighted by molar-refractivity contribution is 6.39. The van der Waals surface area contributed by atoms with Crippen LogP contribution in [-0.4, -0.2) is 132 Å². The van der Waals surface area contributed by atoms with Gasteiger partial charge in [-0.1, -0.05) is 71.1 Å². The van der Waals surface area contributed by atoms with Crippen LogP contribution in [0.4, 0.5) is 0 Å². The van der Waals surface area contributed by atoms with Crippen molar-refractivity contribution >= 4 is 29.2 Å². The van der Waals surface area contributed by atoms with E-state index < -0.39 is 83.9 Å². The van der Waals surface area contributed by atoms with E-state index >= 15 is 0 Å². The maximum atomic E-state index is 14.4. The zero-order valence-electron chi connectivity index (χ0n) is 40.6. The number of fused-ring (bicyclic) bond motifs is 3. The van der Waals surface area contributed by atoms with Gasteiger partial charge >= 0.3 is 5.97 Å². The van der Waals surface area contributed by atoms with Gasteiger partial charge in [-0.05, 0) is 107 Å². The van der Waals surface area contributed by atoms with Crippen LogP contribution in [0.25, 0.3) is 0 Å². The first-order valence-electron chi connectivity index (χ1n) is 23.9. The van der Waals surface area contributed by atoms with Crippen LogP contribution in [0.1, 0.15) is 126 Å². The van der Waals surface area contributed by atoms with Crippen molar-refractivity contribution in [2.45, 2.75) is 180 Å². The molecule has 3 N–H and O–H groups in total. The van der Waals surface area contributed by atoms with Gasteiger partial charge < -0.3 is 43.9 Å². The molecular weight excluding hydrogens is 835 g/mol. The number of allylic oxidation sites excluding steroid dienone is 6. The molecule has 3 aliphatic heterocycles. The molecule has 366 valence electrons. The van der Waals surface area contributed by atoms with Gasteiger partial charge in [0.05, 0.1) is 24.4 Å². The fourth-order valence-corrected chi connectivity index (χ4v) is 10.1. The minimum absolute atomic E-state index is 0.0193. The van der Waals surface area contributed by atoms with Crippen molar-refractivity contribution in [3.8, 4) is 0 Å². The third-order valence-electron chi connectivity index (χ3n) is 14.5. The maximum Gasteiger partial charge on any atom is 0.329 e. The summed E-state index contributed by atoms with van der Waals surface area (Å²) in [6, 6.07) is -1.14. The summed E-state index contributed by atoms with van der Waals surface area (Å²) in [6.07, 6.45) is 11.2. The molecule has 4 rings (SSSR count). The van der Waals surface area contributed by atoms with E-state index in [-0.39, 0.29) is 54.8 Å². The number of rotatable bonds is 6. The van der Waals surface area contributed by atoms with Gasteiger partial charge in [-0.2, -0.15) is 0 Å². The van der Waals surface area contributed by atoms with Crippen LogP contribution >= 0.6 is 0 Å². The number of ether oxygens (including phenoxy) is 5. The maximum absolute atomic E-state index is 14.4. The fourth-order valence-electron chi connectivity index (χ4n) is 10.1. The third kappa shape index (κ3) is 14.3. The summed E-state index contributed by atoms with van der Waals surface area (Å²) in [4.78, 5) is 71.8. The number of esters is 1. The molecule has 3 heterocycles. The number of hydrogen-bond donors (Lipinski definition) is 3. The predicted octanol–water partition coefficient (Wildman–Crippen LogP) is 6.18. The van der Waals surface area contributed by atoms with Crippen LogP contribution in [0, 0.1) is 35.5 Å². The molecule has 14 heteroatoms. The number of piperidine rings is 1. The molecule has 4 aliphatic rings. The minimum Gasteiger partial charge on any atom is -0.460 e. The normalized spacial score (nSPS) is 38.6. The standard InChI is InChI=1S/C51H79NO13/c1-30-16-12-11-13-17-31(2)42(61-8)28-38-21-19-36(7)51(60,65-38)48(57)49(58)52-23-15-14-18-39(52)50(59)64-43(33(4)26-37-20-22-40(53)44(27-37)62-9)29-41(54)32(3)25-35(6)46(56)47(63-10)45(55)34(5)24-30/h11-13,16-17,25,30,32-34,36-40,42-44,46-47,53,56,60H,14-15,18-24,26-29H2,1-10H3/b13-11?,16-12?,31-17?,35-25-. The van der Waals surface area contributed by atoms with Gasteiger partial charge in [0.15, 0.2) is 5.78 Å². The molecule has 0 aromatic carbocycles. The van der Waals surface area contributed by atoms with E-state index in [4.69, 9.17) is 23.7 Å². The van der Waals surface area contributed by atoms with Crippen LogP contribution in [0.15, 0.2) is 47.6 Å². The Kier molecular flexibility index (Phi) is 21.0. The molecule has 15 atom stereocenters. The second kappa shape index (κ2) is 25.1. The topological polar surface area (TPSA) is 195 Å². The van der Waals surface area contributed by atoms with Crippen molar-refractivity contribution in [3.05, 3.63) is 47.6 Å². The van der Waals surface area contributed by atoms with Crippen LogP contribution in [0.2, 0.25) is 0 Å². The molecule has 14 nitrogen and oxygen atoms in total. The Bertz CT molecular complexity index is 1760. The van der Waals surface area contributed by atoms with E-state index in [0.717, 1.165) is 12.0 Å². The molecule has 2 saturated heterocycles. The number of methoxy groups -OCH3 is 3. The third-order valence-corrected chi connectivity index (χ3v) is 14.5. The second-order valence-corrected chi connectivity index (χ2v) is 19.6. The smallest absolute Gasteiger partial charge is 0.329 e. The Morgan fingerprint density at radius 3 is 2.25 bits per heavy atom. The fraction of sp³-hybridized carbons (Fsp3) is 0.745. The summed E-state index contributed by atoms with van der Waals surface area (Å²) < 4.78 is 29.4. The van der Waals surface area contributed by atoms with Crippen LogP contribution in [0.5, 0.6) is 0 Å². The number of aliphatic hydroxyl groups excluding tert-OH is 2. The predicted molar refractivity (Wildman–Crippen MR) is 245 cm³/mol. The Morgan fingerprint density at radius 2 is 1.57 bits per heavy atom. The van der Waals surface area contributed by atoms with E-state index in [0.29, 0.717) is 63.4 Å². The molecule has 65 heavy (non-hydrogen) atoms. The van der Waals surface area contributed by atoms with E-state index in [1.165, 1.54) is 12.0 Å². The molecule has 15 unspecified atom stereocenters. The molecule has 0 spiro atoms. The summed E-state index contributed by atoms with van der Waals surface area (Å²) in [5.41, 5.74) is 1.27. The van der Waals surface area contributed by atoms with Crippen molar-refractivity contribution in [3.63, 3.8) is 0 Å². The first kappa shape index (κ1) is 54.2. The highest BCUT2D eigenvalue weighted by atomic mass is 16.6. The highest BCUT2D eigenvalue weighted by Crippen LogP contribution is 2.38. The molecular formula is C51H79NO13. The van der Waals surface area contributed by atoms with Crippen LogP contribution < -0.4 is 0 Å². The average Bonchev–Trinajstić information content (AvgIpc) is 3.28. The lowest BCUT2D eigenvalue weighted by molar-refractivity contribution is -0.265. The summed E-state index contributed by atoms with van der Waals surface area (Å²) in [5, 5.41) is 33.8. The van der Waals surface area contributed by atoms with Gasteiger partial charge in [0.2, 0.25) is 5.79 Å². The number of nitrogens with zero attached hydrogens (tertiary/aromatic N) is 1. The zero-order chi connectivity index (χ0) is 48.2. The first-order chi connectivity index (χ1) is 30.7. The largest absolute Gasteiger partial charge is 0.460 e. The monoisotopic (exact) mass is 914 g/mol. The molecule has 0 radical (unpaired) electrons. The summed E-state index contributed by atoms with van der Waals surface area (Å²) in [5.74, 6) is -7.96. The molecule has 3 fully saturated rings. The average molecular weight is 914 g/mol. The second-order valence-electron chi connectivity index (χ2n) is 19.6. The molecule has 0 aromatic heterocycles. The van der Waals surface area contributed by atoms with Crippen molar-refractivity contribution in [1.29, 1.82) is 0 Å². The molecule has 0 aromatic rings. The molecule has 1 amide bonds. The highest BCUT2D eigenvalue weighted by Gasteiger charge is 2.53. The Hall–Kier alpha value is -3.37. The summed E-state index contributed by atoms with van der Waals surface area (Å²) in [7, 11) is 4.52. The summed E-state index contributed by atoms with van der Waals surface area (Å²) in [6.45, 7) is 12.7. The van der Waals surface area contributed by atoms with E-state index in [9.17, 15) is 39.3 Å². The van der Waals surface area contributed by atoms with Crippen molar-refractivity contribution in [2.75, 3.05) is 27.9 Å². The number of cyclic esters (lactones) is 1.